The minimum Gasteiger partial charge on any atom is -0.481 e. The minimum absolute atomic E-state index is 0.0388. The van der Waals surface area contributed by atoms with E-state index in [2.05, 4.69) is 9.97 Å². The number of methoxy groups -OCH3 is 3. The Morgan fingerprint density at radius 2 is 1.56 bits per heavy atom. The molecule has 2 aromatic rings. The molecule has 0 aliphatic heterocycles. The zero-order valence-corrected chi connectivity index (χ0v) is 19.5. The quantitative estimate of drug-likeness (QED) is 0.434. The van der Waals surface area contributed by atoms with E-state index in [1.165, 1.54) is 33.5 Å². The summed E-state index contributed by atoms with van der Waals surface area (Å²) < 4.78 is 67.9. The lowest BCUT2D eigenvalue weighted by molar-refractivity contribution is 0.200. The predicted octanol–water partition coefficient (Wildman–Crippen LogP) is 2.89. The highest BCUT2D eigenvalue weighted by atomic mass is 32.2. The molecule has 32 heavy (non-hydrogen) atoms. The van der Waals surface area contributed by atoms with Crippen LogP contribution in [-0.4, -0.2) is 70.2 Å². The number of ether oxygens (including phenoxy) is 3. The summed E-state index contributed by atoms with van der Waals surface area (Å²) in [6, 6.07) is 7.17. The van der Waals surface area contributed by atoms with Gasteiger partial charge in [-0.3, -0.25) is 4.90 Å². The van der Waals surface area contributed by atoms with Gasteiger partial charge in [-0.25, -0.2) is 12.7 Å². The molecule has 0 fully saturated rings. The Hall–Kier alpha value is -2.57. The highest BCUT2D eigenvalue weighted by Gasteiger charge is 2.36. The van der Waals surface area contributed by atoms with Gasteiger partial charge in [0.05, 0.1) is 32.0 Å². The molecule has 0 saturated carbocycles. The maximum Gasteiger partial charge on any atom is 0.355 e. The average molecular weight is 475 g/mol. The fraction of sp³-hybridized carbons (Fsp3) is 0.500. The standard InChI is InChI=1S/C20H28F2N4O5S/c1-6-25(7-2)18(19-23-16(30-4)12-17(24-19)31-5)14-10-8-9-11-15(14)26(13-29-3)32(27,28)20(21)22/h8-12,18,20H,6-7,13H2,1-5H3. The van der Waals surface area contributed by atoms with Crippen molar-refractivity contribution in [1.29, 1.82) is 0 Å². The number of rotatable bonds is 12. The number of hydrogen-bond donors (Lipinski definition) is 0. The third kappa shape index (κ3) is 5.43. The van der Waals surface area contributed by atoms with Crippen molar-refractivity contribution in [3.05, 3.63) is 41.7 Å². The van der Waals surface area contributed by atoms with Crippen molar-refractivity contribution in [3.8, 4) is 11.8 Å². The molecule has 0 aliphatic rings. The number of benzene rings is 1. The second kappa shape index (κ2) is 11.3. The maximum absolute atomic E-state index is 13.5. The highest BCUT2D eigenvalue weighted by Crippen LogP contribution is 2.36. The van der Waals surface area contributed by atoms with Crippen LogP contribution in [0.5, 0.6) is 11.8 Å². The summed E-state index contributed by atoms with van der Waals surface area (Å²) in [6.45, 7) is 4.34. The monoisotopic (exact) mass is 474 g/mol. The van der Waals surface area contributed by atoms with Gasteiger partial charge in [0, 0.05) is 12.7 Å². The summed E-state index contributed by atoms with van der Waals surface area (Å²) in [6.07, 6.45) is 0. The summed E-state index contributed by atoms with van der Waals surface area (Å²) in [5, 5.41) is 0. The smallest absolute Gasteiger partial charge is 0.355 e. The topological polar surface area (TPSA) is 94.1 Å². The van der Waals surface area contributed by atoms with Crippen LogP contribution in [0.4, 0.5) is 14.5 Å². The van der Waals surface area contributed by atoms with Crippen molar-refractivity contribution in [1.82, 2.24) is 14.9 Å². The van der Waals surface area contributed by atoms with Crippen molar-refractivity contribution < 1.29 is 31.4 Å². The summed E-state index contributed by atoms with van der Waals surface area (Å²) in [7, 11) is -0.868. The van der Waals surface area contributed by atoms with Gasteiger partial charge in [0.1, 0.15) is 6.73 Å². The molecule has 0 saturated heterocycles. The number of para-hydroxylation sites is 1. The molecule has 1 atom stereocenters. The molecule has 0 spiro atoms. The van der Waals surface area contributed by atoms with Crippen molar-refractivity contribution in [2.24, 2.45) is 0 Å². The molecule has 1 heterocycles. The molecule has 0 radical (unpaired) electrons. The Balaban J connectivity index is 2.80. The molecular formula is C20H28F2N4O5S. The Labute approximate surface area is 187 Å². The lowest BCUT2D eigenvalue weighted by Crippen LogP contribution is -2.39. The van der Waals surface area contributed by atoms with Crippen LogP contribution in [0.3, 0.4) is 0 Å². The first-order chi connectivity index (χ1) is 15.2. The van der Waals surface area contributed by atoms with Crippen LogP contribution < -0.4 is 13.8 Å². The van der Waals surface area contributed by atoms with Crippen LogP contribution in [0.2, 0.25) is 0 Å². The van der Waals surface area contributed by atoms with Crippen LogP contribution in [0, 0.1) is 0 Å². The van der Waals surface area contributed by atoms with Crippen LogP contribution in [-0.2, 0) is 14.8 Å². The van der Waals surface area contributed by atoms with Gasteiger partial charge in [-0.2, -0.15) is 18.7 Å². The van der Waals surface area contributed by atoms with Gasteiger partial charge >= 0.3 is 5.76 Å². The number of sulfonamides is 1. The van der Waals surface area contributed by atoms with Gasteiger partial charge in [-0.15, -0.1) is 0 Å². The first-order valence-electron chi connectivity index (χ1n) is 9.83. The van der Waals surface area contributed by atoms with Gasteiger partial charge < -0.3 is 14.2 Å². The lowest BCUT2D eigenvalue weighted by Gasteiger charge is -2.33. The summed E-state index contributed by atoms with van der Waals surface area (Å²) in [5.74, 6) is -2.86. The minimum atomic E-state index is -4.99. The van der Waals surface area contributed by atoms with Crippen LogP contribution in [0.15, 0.2) is 30.3 Å². The molecule has 178 valence electrons. The molecule has 1 aromatic carbocycles. The largest absolute Gasteiger partial charge is 0.481 e. The number of anilines is 1. The second-order valence-electron chi connectivity index (χ2n) is 6.57. The molecule has 1 aromatic heterocycles. The summed E-state index contributed by atoms with van der Waals surface area (Å²) in [4.78, 5) is 10.8. The van der Waals surface area contributed by atoms with E-state index in [-0.39, 0.29) is 23.3 Å². The first kappa shape index (κ1) is 25.7. The first-order valence-corrected chi connectivity index (χ1v) is 11.3. The fourth-order valence-electron chi connectivity index (χ4n) is 3.28. The number of halogens is 2. The molecule has 1 unspecified atom stereocenters. The highest BCUT2D eigenvalue weighted by molar-refractivity contribution is 7.93. The number of nitrogens with zero attached hydrogens (tertiary/aromatic N) is 4. The molecule has 12 heteroatoms. The molecule has 0 N–H and O–H groups in total. The number of hydrogen-bond acceptors (Lipinski definition) is 8. The molecule has 2 rings (SSSR count). The third-order valence-corrected chi connectivity index (χ3v) is 6.18. The predicted molar refractivity (Wildman–Crippen MR) is 116 cm³/mol. The normalized spacial score (nSPS) is 12.8. The van der Waals surface area contributed by atoms with Crippen LogP contribution in [0.1, 0.15) is 31.3 Å². The fourth-order valence-corrected chi connectivity index (χ4v) is 4.16. The Kier molecular flexibility index (Phi) is 9.10. The van der Waals surface area contributed by atoms with Crippen molar-refractivity contribution in [2.75, 3.05) is 45.5 Å². The van der Waals surface area contributed by atoms with Crippen molar-refractivity contribution in [2.45, 2.75) is 25.6 Å². The second-order valence-corrected chi connectivity index (χ2v) is 8.39. The van der Waals surface area contributed by atoms with Gasteiger partial charge in [0.15, 0.2) is 5.82 Å². The van der Waals surface area contributed by atoms with Crippen LogP contribution in [0.25, 0.3) is 0 Å². The third-order valence-electron chi connectivity index (χ3n) is 4.82. The van der Waals surface area contributed by atoms with E-state index < -0.39 is 28.6 Å². The van der Waals surface area contributed by atoms with Gasteiger partial charge in [-0.1, -0.05) is 32.0 Å². The average Bonchev–Trinajstić information content (AvgIpc) is 2.80. The summed E-state index contributed by atoms with van der Waals surface area (Å²) >= 11 is 0. The van der Waals surface area contributed by atoms with Gasteiger partial charge in [-0.05, 0) is 19.2 Å². The maximum atomic E-state index is 13.5. The number of alkyl halides is 2. The van der Waals surface area contributed by atoms with E-state index in [9.17, 15) is 17.2 Å². The summed E-state index contributed by atoms with van der Waals surface area (Å²) in [5.41, 5.74) is 0.449. The molecule has 0 amide bonds. The van der Waals surface area contributed by atoms with E-state index in [0.29, 0.717) is 23.0 Å². The Bertz CT molecular complexity index is 967. The van der Waals surface area contributed by atoms with E-state index >= 15 is 0 Å². The Morgan fingerprint density at radius 1 is 1.00 bits per heavy atom. The van der Waals surface area contributed by atoms with Crippen LogP contribution >= 0.6 is 0 Å². The van der Waals surface area contributed by atoms with E-state index in [4.69, 9.17) is 14.2 Å². The van der Waals surface area contributed by atoms with E-state index in [1.54, 1.807) is 18.2 Å². The zero-order valence-electron chi connectivity index (χ0n) is 18.7. The van der Waals surface area contributed by atoms with E-state index in [1.807, 2.05) is 18.7 Å². The van der Waals surface area contributed by atoms with E-state index in [0.717, 1.165) is 0 Å². The Morgan fingerprint density at radius 3 is 2.03 bits per heavy atom. The van der Waals surface area contributed by atoms with Crippen molar-refractivity contribution in [3.63, 3.8) is 0 Å². The zero-order chi connectivity index (χ0) is 23.9. The molecular weight excluding hydrogens is 446 g/mol. The molecule has 9 nitrogen and oxygen atoms in total. The van der Waals surface area contributed by atoms with Crippen molar-refractivity contribution >= 4 is 15.7 Å². The lowest BCUT2D eigenvalue weighted by atomic mass is 10.0. The number of aromatic nitrogens is 2. The molecule has 0 bridgehead atoms. The van der Waals surface area contributed by atoms with Gasteiger partial charge in [0.2, 0.25) is 11.8 Å². The SMILES string of the molecule is CCN(CC)C(c1nc(OC)cc(OC)n1)c1ccccc1N(COC)S(=O)(=O)C(F)F. The van der Waals surface area contributed by atoms with Gasteiger partial charge in [0.25, 0.3) is 10.0 Å². The molecule has 0 aliphatic carbocycles.